The lowest BCUT2D eigenvalue weighted by Gasteiger charge is -2.11. The standard InChI is InChI=1S/C31H34N2O3/c1-32-29(26-18-10-6-11-19-26)30(27-20-12-7-13-21-27)33(31(32)35)23-15-4-2-3-14-22-28(34)36-24-25-16-8-5-9-17-25/h5-13,16-21H,2-4,14-15,22-24H2,1H3. The van der Waals surface area contributed by atoms with Crippen molar-refractivity contribution in [1.29, 1.82) is 0 Å². The number of aromatic nitrogens is 2. The van der Waals surface area contributed by atoms with Crippen LogP contribution in [0, 0.1) is 0 Å². The van der Waals surface area contributed by atoms with E-state index in [4.69, 9.17) is 4.74 Å². The highest BCUT2D eigenvalue weighted by atomic mass is 16.5. The van der Waals surface area contributed by atoms with E-state index in [1.165, 1.54) is 0 Å². The van der Waals surface area contributed by atoms with E-state index < -0.39 is 0 Å². The molecule has 0 saturated heterocycles. The van der Waals surface area contributed by atoms with Crippen LogP contribution in [-0.4, -0.2) is 15.1 Å². The number of benzene rings is 3. The quantitative estimate of drug-likeness (QED) is 0.169. The van der Waals surface area contributed by atoms with Crippen LogP contribution in [-0.2, 0) is 29.7 Å². The van der Waals surface area contributed by atoms with Crippen LogP contribution in [0.5, 0.6) is 0 Å². The van der Waals surface area contributed by atoms with Gasteiger partial charge in [0.15, 0.2) is 0 Å². The molecular formula is C31H34N2O3. The minimum atomic E-state index is -0.143. The Bertz CT molecular complexity index is 1290. The van der Waals surface area contributed by atoms with Crippen LogP contribution in [0.2, 0.25) is 0 Å². The number of carbonyl (C=O) groups excluding carboxylic acids is 1. The first-order valence-corrected chi connectivity index (χ1v) is 12.7. The van der Waals surface area contributed by atoms with Crippen LogP contribution < -0.4 is 5.69 Å². The number of rotatable bonds is 12. The average Bonchev–Trinajstić information content (AvgIpc) is 3.18. The summed E-state index contributed by atoms with van der Waals surface area (Å²) in [6.07, 6.45) is 5.20. The summed E-state index contributed by atoms with van der Waals surface area (Å²) >= 11 is 0. The predicted molar refractivity (Wildman–Crippen MR) is 144 cm³/mol. The second-order valence-corrected chi connectivity index (χ2v) is 9.09. The number of carbonyl (C=O) groups is 1. The number of hydrogen-bond acceptors (Lipinski definition) is 3. The normalized spacial score (nSPS) is 10.9. The molecule has 5 heteroatoms. The van der Waals surface area contributed by atoms with E-state index in [1.54, 1.807) is 4.57 Å². The zero-order valence-corrected chi connectivity index (χ0v) is 20.9. The number of esters is 1. The van der Waals surface area contributed by atoms with Gasteiger partial charge in [-0.2, -0.15) is 0 Å². The molecule has 0 aliphatic carbocycles. The lowest BCUT2D eigenvalue weighted by atomic mass is 10.0. The molecule has 0 fully saturated rings. The SMILES string of the molecule is Cn1c(-c2ccccc2)c(-c2ccccc2)n(CCCCCCCC(=O)OCc2ccccc2)c1=O. The van der Waals surface area contributed by atoms with Crippen molar-refractivity contribution < 1.29 is 9.53 Å². The molecule has 0 amide bonds. The van der Waals surface area contributed by atoms with Gasteiger partial charge in [0.1, 0.15) is 6.61 Å². The Morgan fingerprint density at radius 3 is 1.86 bits per heavy atom. The van der Waals surface area contributed by atoms with Crippen LogP contribution in [0.15, 0.2) is 95.8 Å². The zero-order chi connectivity index (χ0) is 25.2. The Morgan fingerprint density at radius 1 is 0.694 bits per heavy atom. The van der Waals surface area contributed by atoms with E-state index in [-0.39, 0.29) is 11.7 Å². The van der Waals surface area contributed by atoms with Crippen molar-refractivity contribution in [3.8, 4) is 22.5 Å². The van der Waals surface area contributed by atoms with E-state index >= 15 is 0 Å². The number of nitrogens with zero attached hydrogens (tertiary/aromatic N) is 2. The first kappa shape index (κ1) is 25.2. The summed E-state index contributed by atoms with van der Waals surface area (Å²) in [5, 5.41) is 0. The Balaban J connectivity index is 1.30. The minimum absolute atomic E-state index is 0.00821. The van der Waals surface area contributed by atoms with Gasteiger partial charge < -0.3 is 4.74 Å². The number of imidazole rings is 1. The maximum Gasteiger partial charge on any atom is 0.328 e. The monoisotopic (exact) mass is 482 g/mol. The molecule has 1 heterocycles. The van der Waals surface area contributed by atoms with Crippen LogP contribution in [0.25, 0.3) is 22.5 Å². The Labute approximate surface area is 213 Å². The fourth-order valence-electron chi connectivity index (χ4n) is 4.56. The fraction of sp³-hybridized carbons (Fsp3) is 0.290. The lowest BCUT2D eigenvalue weighted by molar-refractivity contribution is -0.145. The molecule has 0 atom stereocenters. The molecule has 36 heavy (non-hydrogen) atoms. The van der Waals surface area contributed by atoms with Gasteiger partial charge in [-0.1, -0.05) is 110 Å². The molecule has 0 saturated carbocycles. The Morgan fingerprint density at radius 2 is 1.22 bits per heavy atom. The summed E-state index contributed by atoms with van der Waals surface area (Å²) in [5.74, 6) is -0.143. The lowest BCUT2D eigenvalue weighted by Crippen LogP contribution is -2.23. The van der Waals surface area contributed by atoms with Crippen LogP contribution in [0.4, 0.5) is 0 Å². The molecule has 0 unspecified atom stereocenters. The van der Waals surface area contributed by atoms with Crippen LogP contribution >= 0.6 is 0 Å². The van der Waals surface area contributed by atoms with Crippen molar-refractivity contribution >= 4 is 5.97 Å². The van der Waals surface area contributed by atoms with Gasteiger partial charge in [-0.3, -0.25) is 13.9 Å². The van der Waals surface area contributed by atoms with Gasteiger partial charge >= 0.3 is 11.7 Å². The number of hydrogen-bond donors (Lipinski definition) is 0. The van der Waals surface area contributed by atoms with Gasteiger partial charge in [-0.05, 0) is 18.4 Å². The molecule has 0 bridgehead atoms. The van der Waals surface area contributed by atoms with E-state index in [0.29, 0.717) is 19.6 Å². The smallest absolute Gasteiger partial charge is 0.328 e. The highest BCUT2D eigenvalue weighted by Gasteiger charge is 2.20. The fourth-order valence-corrected chi connectivity index (χ4v) is 4.56. The molecule has 4 aromatic rings. The van der Waals surface area contributed by atoms with Crippen molar-refractivity contribution in [2.24, 2.45) is 7.05 Å². The zero-order valence-electron chi connectivity index (χ0n) is 20.9. The molecule has 4 rings (SSSR count). The molecule has 0 spiro atoms. The third-order valence-corrected chi connectivity index (χ3v) is 6.45. The van der Waals surface area contributed by atoms with Crippen molar-refractivity contribution in [3.05, 3.63) is 107 Å². The summed E-state index contributed by atoms with van der Waals surface area (Å²) in [5.41, 5.74) is 5.01. The predicted octanol–water partition coefficient (Wildman–Crippen LogP) is 6.60. The summed E-state index contributed by atoms with van der Waals surface area (Å²) in [6.45, 7) is 1.00. The summed E-state index contributed by atoms with van der Waals surface area (Å²) < 4.78 is 9.03. The number of ether oxygens (including phenoxy) is 1. The summed E-state index contributed by atoms with van der Waals surface area (Å²) in [7, 11) is 1.85. The van der Waals surface area contributed by atoms with Crippen molar-refractivity contribution in [1.82, 2.24) is 9.13 Å². The molecule has 186 valence electrons. The van der Waals surface area contributed by atoms with Gasteiger partial charge in [0.05, 0.1) is 11.4 Å². The van der Waals surface area contributed by atoms with Gasteiger partial charge in [-0.15, -0.1) is 0 Å². The third-order valence-electron chi connectivity index (χ3n) is 6.45. The maximum absolute atomic E-state index is 13.2. The first-order valence-electron chi connectivity index (χ1n) is 12.7. The van der Waals surface area contributed by atoms with Crippen LogP contribution in [0.3, 0.4) is 0 Å². The maximum atomic E-state index is 13.2. The molecule has 0 N–H and O–H groups in total. The average molecular weight is 483 g/mol. The summed E-state index contributed by atoms with van der Waals surface area (Å²) in [4.78, 5) is 25.2. The Hall–Kier alpha value is -3.86. The second kappa shape index (κ2) is 12.7. The van der Waals surface area contributed by atoms with E-state index in [1.807, 2.05) is 78.3 Å². The van der Waals surface area contributed by atoms with Gasteiger partial charge in [-0.25, -0.2) is 4.79 Å². The topological polar surface area (TPSA) is 53.2 Å². The largest absolute Gasteiger partial charge is 0.461 e. The van der Waals surface area contributed by atoms with E-state index in [0.717, 1.165) is 60.2 Å². The van der Waals surface area contributed by atoms with Crippen molar-refractivity contribution in [3.63, 3.8) is 0 Å². The molecule has 3 aromatic carbocycles. The molecule has 0 aliphatic heterocycles. The molecular weight excluding hydrogens is 448 g/mol. The van der Waals surface area contributed by atoms with Crippen molar-refractivity contribution in [2.75, 3.05) is 0 Å². The van der Waals surface area contributed by atoms with Gasteiger partial charge in [0, 0.05) is 31.1 Å². The molecule has 1 aromatic heterocycles. The second-order valence-electron chi connectivity index (χ2n) is 9.09. The molecule has 0 radical (unpaired) electrons. The van der Waals surface area contributed by atoms with Crippen LogP contribution in [0.1, 0.15) is 44.1 Å². The molecule has 5 nitrogen and oxygen atoms in total. The van der Waals surface area contributed by atoms with Gasteiger partial charge in [0.2, 0.25) is 0 Å². The molecule has 0 aliphatic rings. The highest BCUT2D eigenvalue weighted by molar-refractivity contribution is 5.79. The third kappa shape index (κ3) is 6.42. The Kier molecular flexibility index (Phi) is 8.92. The first-order chi connectivity index (χ1) is 17.6. The van der Waals surface area contributed by atoms with Crippen molar-refractivity contribution in [2.45, 2.75) is 51.7 Å². The van der Waals surface area contributed by atoms with E-state index in [2.05, 4.69) is 24.3 Å². The van der Waals surface area contributed by atoms with Gasteiger partial charge in [0.25, 0.3) is 0 Å². The summed E-state index contributed by atoms with van der Waals surface area (Å²) in [6, 6.07) is 30.0. The minimum Gasteiger partial charge on any atom is -0.461 e. The highest BCUT2D eigenvalue weighted by Crippen LogP contribution is 2.31. The number of unbranched alkanes of at least 4 members (excludes halogenated alkanes) is 4. The van der Waals surface area contributed by atoms with E-state index in [9.17, 15) is 9.59 Å².